The Morgan fingerprint density at radius 3 is 2.77 bits per heavy atom. The van der Waals surface area contributed by atoms with Gasteiger partial charge in [-0.3, -0.25) is 5.10 Å². The molecule has 0 fully saturated rings. The normalized spacial score (nSPS) is 11.3. The molecule has 11 heteroatoms. The summed E-state index contributed by atoms with van der Waals surface area (Å²) in [5.41, 5.74) is 8.85. The van der Waals surface area contributed by atoms with Crippen LogP contribution in [-0.2, 0) is 15.2 Å². The molecule has 2 aromatic rings. The van der Waals surface area contributed by atoms with Crippen molar-refractivity contribution in [3.8, 4) is 11.3 Å². The Balaban J connectivity index is 2.75. The number of nitrogens with zero attached hydrogens (tertiary/aromatic N) is 4. The fourth-order valence-corrected chi connectivity index (χ4v) is 3.59. The van der Waals surface area contributed by atoms with Gasteiger partial charge in [-0.2, -0.15) is 5.10 Å². The Bertz CT molecular complexity index is 892. The summed E-state index contributed by atoms with van der Waals surface area (Å²) in [6.45, 7) is 0. The highest BCUT2D eigenvalue weighted by Gasteiger charge is 2.23. The highest BCUT2D eigenvalue weighted by molar-refractivity contribution is 9.08. The summed E-state index contributed by atoms with van der Waals surface area (Å²) in [5.74, 6) is -0.712. The zero-order valence-electron chi connectivity index (χ0n) is 11.0. The first kappa shape index (κ1) is 16.8. The number of benzene rings is 1. The number of sulfone groups is 1. The maximum Gasteiger partial charge on any atom is 0.192 e. The van der Waals surface area contributed by atoms with Crippen LogP contribution < -0.4 is 0 Å². The van der Waals surface area contributed by atoms with Gasteiger partial charge in [0.1, 0.15) is 11.5 Å². The minimum Gasteiger partial charge on any atom is -0.266 e. The van der Waals surface area contributed by atoms with Crippen molar-refractivity contribution in [1.82, 2.24) is 10.2 Å². The molecule has 0 amide bonds. The van der Waals surface area contributed by atoms with Gasteiger partial charge in [0.25, 0.3) is 0 Å². The summed E-state index contributed by atoms with van der Waals surface area (Å²) in [6.07, 6.45) is 1.01. The second-order valence-electron chi connectivity index (χ2n) is 4.26. The van der Waals surface area contributed by atoms with Crippen LogP contribution in [-0.4, -0.2) is 24.9 Å². The van der Waals surface area contributed by atoms with Crippen molar-refractivity contribution in [3.63, 3.8) is 0 Å². The van der Waals surface area contributed by atoms with Crippen LogP contribution in [0.25, 0.3) is 21.7 Å². The van der Waals surface area contributed by atoms with E-state index in [0.29, 0.717) is 0 Å². The zero-order chi connectivity index (χ0) is 16.5. The zero-order valence-corrected chi connectivity index (χ0v) is 14.2. The van der Waals surface area contributed by atoms with E-state index in [9.17, 15) is 12.8 Å². The predicted molar refractivity (Wildman–Crippen MR) is 83.5 cm³/mol. The molecule has 0 bridgehead atoms. The lowest BCUT2D eigenvalue weighted by Gasteiger charge is -2.06. The third-order valence-corrected chi connectivity index (χ3v) is 4.72. The summed E-state index contributed by atoms with van der Waals surface area (Å²) in [5, 5.41) is 9.58. The molecule has 0 saturated heterocycles. The number of aromatic nitrogens is 2. The number of nitrogens with one attached hydrogen (secondary N) is 1. The van der Waals surface area contributed by atoms with Gasteiger partial charge < -0.3 is 0 Å². The Kier molecular flexibility index (Phi) is 4.76. The maximum atomic E-state index is 14.1. The Morgan fingerprint density at radius 2 is 2.23 bits per heavy atom. The number of hydrogen-bond donors (Lipinski definition) is 1. The van der Waals surface area contributed by atoms with Crippen molar-refractivity contribution in [2.75, 3.05) is 6.26 Å². The van der Waals surface area contributed by atoms with Crippen LogP contribution in [0.15, 0.2) is 22.3 Å². The number of H-pyrrole nitrogens is 1. The fraction of sp³-hybridized carbons (Fsp3) is 0.182. The summed E-state index contributed by atoms with van der Waals surface area (Å²) in [7, 11) is -3.55. The SMILES string of the molecule is CS(=O)(=O)c1[nH]nc(-c2cc(N=[N+]=[N-])c(Cl)cc2F)c1CBr. The van der Waals surface area contributed by atoms with Gasteiger partial charge in [-0.15, -0.1) is 0 Å². The molecular weight excluding hydrogens is 401 g/mol. The third kappa shape index (κ3) is 3.09. The van der Waals surface area contributed by atoms with Gasteiger partial charge in [0.05, 0.1) is 10.7 Å². The molecule has 0 spiro atoms. The summed E-state index contributed by atoms with van der Waals surface area (Å²) < 4.78 is 37.5. The highest BCUT2D eigenvalue weighted by Crippen LogP contribution is 2.36. The van der Waals surface area contributed by atoms with Crippen molar-refractivity contribution < 1.29 is 12.8 Å². The van der Waals surface area contributed by atoms with E-state index in [4.69, 9.17) is 17.1 Å². The number of rotatable bonds is 4. The first-order valence-electron chi connectivity index (χ1n) is 5.67. The molecule has 0 aliphatic rings. The molecule has 22 heavy (non-hydrogen) atoms. The van der Waals surface area contributed by atoms with Crippen LogP contribution in [0.5, 0.6) is 0 Å². The second kappa shape index (κ2) is 6.25. The standard InChI is InChI=1S/C11H8BrClFN5O2S/c1-22(20,21)11-6(4-12)10(17-18-11)5-2-9(16-19-15)7(13)3-8(5)14/h2-3H,4H2,1H3,(H,17,18). The first-order valence-corrected chi connectivity index (χ1v) is 9.06. The second-order valence-corrected chi connectivity index (χ2v) is 7.18. The molecular formula is C11H8BrClFN5O2S. The molecule has 2 rings (SSSR count). The summed E-state index contributed by atoms with van der Waals surface area (Å²) in [4.78, 5) is 2.60. The Morgan fingerprint density at radius 1 is 1.55 bits per heavy atom. The molecule has 1 aromatic carbocycles. The predicted octanol–water partition coefficient (Wildman–Crippen LogP) is 4.11. The van der Waals surface area contributed by atoms with Gasteiger partial charge in [-0.05, 0) is 17.7 Å². The Labute approximate surface area is 138 Å². The lowest BCUT2D eigenvalue weighted by Crippen LogP contribution is -2.01. The molecule has 0 unspecified atom stereocenters. The van der Waals surface area contributed by atoms with Gasteiger partial charge in [0.15, 0.2) is 14.9 Å². The molecule has 1 heterocycles. The fourth-order valence-electron chi connectivity index (χ4n) is 1.85. The number of hydrogen-bond acceptors (Lipinski definition) is 4. The monoisotopic (exact) mass is 407 g/mol. The molecule has 1 N–H and O–H groups in total. The summed E-state index contributed by atoms with van der Waals surface area (Å²) >= 11 is 8.94. The third-order valence-electron chi connectivity index (χ3n) is 2.78. The van der Waals surface area contributed by atoms with E-state index in [1.807, 2.05) is 0 Å². The minimum absolute atomic E-state index is 0.0185. The van der Waals surface area contributed by atoms with E-state index < -0.39 is 15.7 Å². The van der Waals surface area contributed by atoms with E-state index in [-0.39, 0.29) is 37.9 Å². The van der Waals surface area contributed by atoms with Crippen LogP contribution in [0.3, 0.4) is 0 Å². The van der Waals surface area contributed by atoms with Crippen LogP contribution in [0.2, 0.25) is 5.02 Å². The minimum atomic E-state index is -3.55. The molecule has 0 atom stereocenters. The van der Waals surface area contributed by atoms with Gasteiger partial charge in [0.2, 0.25) is 0 Å². The topological polar surface area (TPSA) is 112 Å². The molecule has 7 nitrogen and oxygen atoms in total. The first-order chi connectivity index (χ1) is 10.3. The van der Waals surface area contributed by atoms with Crippen molar-refractivity contribution in [3.05, 3.63) is 39.0 Å². The van der Waals surface area contributed by atoms with Crippen molar-refractivity contribution in [1.29, 1.82) is 0 Å². The summed E-state index contributed by atoms with van der Waals surface area (Å²) in [6, 6.07) is 2.19. The molecule has 116 valence electrons. The average Bonchev–Trinajstić information content (AvgIpc) is 2.85. The van der Waals surface area contributed by atoms with E-state index in [0.717, 1.165) is 12.3 Å². The van der Waals surface area contributed by atoms with Crippen LogP contribution in [0, 0.1) is 5.82 Å². The number of aromatic amines is 1. The molecule has 0 aliphatic carbocycles. The lowest BCUT2D eigenvalue weighted by atomic mass is 10.1. The largest absolute Gasteiger partial charge is 0.266 e. The average molecular weight is 409 g/mol. The molecule has 0 aliphatic heterocycles. The van der Waals surface area contributed by atoms with Crippen LogP contribution in [0.4, 0.5) is 10.1 Å². The van der Waals surface area contributed by atoms with E-state index in [2.05, 4.69) is 36.2 Å². The van der Waals surface area contributed by atoms with Gasteiger partial charge >= 0.3 is 0 Å². The smallest absolute Gasteiger partial charge is 0.192 e. The number of alkyl halides is 1. The number of halogens is 3. The highest BCUT2D eigenvalue weighted by atomic mass is 79.9. The lowest BCUT2D eigenvalue weighted by molar-refractivity contribution is 0.597. The maximum absolute atomic E-state index is 14.1. The quantitative estimate of drug-likeness (QED) is 0.355. The molecule has 0 saturated carbocycles. The van der Waals surface area contributed by atoms with Gasteiger partial charge in [-0.1, -0.05) is 32.6 Å². The van der Waals surface area contributed by atoms with Crippen molar-refractivity contribution in [2.45, 2.75) is 10.4 Å². The number of azide groups is 1. The van der Waals surface area contributed by atoms with E-state index in [1.54, 1.807) is 0 Å². The van der Waals surface area contributed by atoms with Crippen molar-refractivity contribution in [2.24, 2.45) is 5.11 Å². The van der Waals surface area contributed by atoms with Crippen molar-refractivity contribution >= 4 is 43.1 Å². The molecule has 1 aromatic heterocycles. The van der Waals surface area contributed by atoms with E-state index in [1.165, 1.54) is 6.07 Å². The Hall–Kier alpha value is -1.61. The van der Waals surface area contributed by atoms with Crippen LogP contribution >= 0.6 is 27.5 Å². The van der Waals surface area contributed by atoms with Gasteiger partial charge in [-0.25, -0.2) is 12.8 Å². The van der Waals surface area contributed by atoms with E-state index >= 15 is 0 Å². The molecule has 0 radical (unpaired) electrons. The van der Waals surface area contributed by atoms with Crippen LogP contribution in [0.1, 0.15) is 5.56 Å². The van der Waals surface area contributed by atoms with Gasteiger partial charge in [0, 0.05) is 27.6 Å².